The van der Waals surface area contributed by atoms with Gasteiger partial charge in [-0.25, -0.2) is 0 Å². The van der Waals surface area contributed by atoms with Crippen molar-refractivity contribution in [3.63, 3.8) is 0 Å². The van der Waals surface area contributed by atoms with Crippen molar-refractivity contribution in [2.45, 2.75) is 77.7 Å². The predicted molar refractivity (Wildman–Crippen MR) is 98.4 cm³/mol. The Kier molecular flexibility index (Phi) is 3.32. The number of likely N-dealkylation sites (tertiary alicyclic amines) is 1. The number of carboxylic acid groups (broad SMARTS) is 1. The molecule has 5 rings (SSSR count). The Bertz CT molecular complexity index is 670. The van der Waals surface area contributed by atoms with E-state index in [4.69, 9.17) is 0 Å². The normalized spacial score (nSPS) is 51.6. The first-order chi connectivity index (χ1) is 12.2. The quantitative estimate of drug-likeness (QED) is 0.771. The summed E-state index contributed by atoms with van der Waals surface area (Å²) in [5.74, 6) is 1.52. The van der Waals surface area contributed by atoms with E-state index >= 15 is 0 Å². The van der Waals surface area contributed by atoms with Crippen molar-refractivity contribution < 1.29 is 14.7 Å². The van der Waals surface area contributed by atoms with Crippen molar-refractivity contribution in [1.29, 1.82) is 0 Å². The van der Waals surface area contributed by atoms with Crippen LogP contribution in [0.1, 0.15) is 71.6 Å². The Balaban J connectivity index is 1.54. The molecule has 4 saturated carbocycles. The molecule has 0 aromatic heterocycles. The summed E-state index contributed by atoms with van der Waals surface area (Å²) in [7, 11) is 2.05. The number of carboxylic acids is 1. The van der Waals surface area contributed by atoms with Gasteiger partial charge >= 0.3 is 5.97 Å². The van der Waals surface area contributed by atoms with E-state index in [0.717, 1.165) is 32.1 Å². The second-order valence-electron chi connectivity index (χ2n) is 10.9. The molecule has 1 N–H and O–H groups in total. The van der Waals surface area contributed by atoms with Gasteiger partial charge in [-0.2, -0.15) is 0 Å². The maximum atomic E-state index is 12.5. The minimum atomic E-state index is -0.572. The molecule has 1 saturated heterocycles. The minimum absolute atomic E-state index is 0.0112. The number of aliphatic carboxylic acids is 1. The fourth-order valence-electron chi connectivity index (χ4n) is 8.79. The molecule has 0 radical (unpaired) electrons. The smallest absolute Gasteiger partial charge is 0.307 e. The second kappa shape index (κ2) is 5.05. The molecule has 5 fully saturated rings. The van der Waals surface area contributed by atoms with Crippen LogP contribution in [-0.2, 0) is 9.59 Å². The van der Waals surface area contributed by atoms with Crippen molar-refractivity contribution in [1.82, 2.24) is 4.90 Å². The Morgan fingerprint density at radius 2 is 1.73 bits per heavy atom. The molecule has 4 aliphatic carbocycles. The lowest BCUT2D eigenvalue weighted by Gasteiger charge is -2.64. The Morgan fingerprint density at radius 1 is 1.04 bits per heavy atom. The summed E-state index contributed by atoms with van der Waals surface area (Å²) in [6.07, 6.45) is 9.68. The van der Waals surface area contributed by atoms with Crippen LogP contribution < -0.4 is 0 Å². The largest absolute Gasteiger partial charge is 0.481 e. The third-order valence-electron chi connectivity index (χ3n) is 9.98. The van der Waals surface area contributed by atoms with E-state index in [9.17, 15) is 14.7 Å². The first-order valence-electron chi connectivity index (χ1n) is 10.7. The number of fused-ring (bicyclic) bond motifs is 6. The zero-order valence-corrected chi connectivity index (χ0v) is 16.5. The van der Waals surface area contributed by atoms with E-state index in [1.807, 2.05) is 7.05 Å². The average molecular weight is 360 g/mol. The van der Waals surface area contributed by atoms with Crippen molar-refractivity contribution in [2.24, 2.45) is 39.9 Å². The molecule has 26 heavy (non-hydrogen) atoms. The lowest BCUT2D eigenvalue weighted by molar-refractivity contribution is -0.176. The maximum absolute atomic E-state index is 12.5. The lowest BCUT2D eigenvalue weighted by Crippen LogP contribution is -2.65. The van der Waals surface area contributed by atoms with Gasteiger partial charge in [-0.3, -0.25) is 9.59 Å². The van der Waals surface area contributed by atoms with E-state index in [2.05, 4.69) is 18.7 Å². The van der Waals surface area contributed by atoms with Crippen molar-refractivity contribution in [2.75, 3.05) is 7.05 Å². The number of carbonyl (C=O) groups excluding carboxylic acids is 1. The molecular weight excluding hydrogens is 326 g/mol. The van der Waals surface area contributed by atoms with Crippen LogP contribution in [0.25, 0.3) is 0 Å². The average Bonchev–Trinajstić information content (AvgIpc) is 3.22. The molecular formula is C22H33NO3. The van der Waals surface area contributed by atoms with Crippen LogP contribution in [0, 0.1) is 39.9 Å². The zero-order valence-electron chi connectivity index (χ0n) is 16.5. The Hall–Kier alpha value is -1.06. The summed E-state index contributed by atoms with van der Waals surface area (Å²) in [6.45, 7) is 4.76. The van der Waals surface area contributed by atoms with Gasteiger partial charge in [0.05, 0.1) is 5.92 Å². The van der Waals surface area contributed by atoms with Gasteiger partial charge in [0.1, 0.15) is 0 Å². The number of nitrogens with zero attached hydrogens (tertiary/aromatic N) is 1. The van der Waals surface area contributed by atoms with E-state index in [-0.39, 0.29) is 16.7 Å². The summed E-state index contributed by atoms with van der Waals surface area (Å²) in [5.41, 5.74) is 0.549. The van der Waals surface area contributed by atoms with E-state index in [0.29, 0.717) is 41.5 Å². The van der Waals surface area contributed by atoms with Gasteiger partial charge in [-0.05, 0) is 85.4 Å². The van der Waals surface area contributed by atoms with Crippen LogP contribution in [-0.4, -0.2) is 35.0 Å². The topological polar surface area (TPSA) is 57.6 Å². The summed E-state index contributed by atoms with van der Waals surface area (Å²) in [6, 6.07) is 0.415. The first-order valence-corrected chi connectivity index (χ1v) is 10.7. The first kappa shape index (κ1) is 17.1. The zero-order chi connectivity index (χ0) is 18.5. The molecule has 1 heterocycles. The molecule has 4 heteroatoms. The molecule has 0 aromatic carbocycles. The monoisotopic (exact) mass is 359 g/mol. The van der Waals surface area contributed by atoms with Crippen molar-refractivity contribution >= 4 is 11.9 Å². The van der Waals surface area contributed by atoms with E-state index < -0.39 is 5.97 Å². The number of piperidine rings is 1. The molecule has 4 unspecified atom stereocenters. The van der Waals surface area contributed by atoms with Crippen LogP contribution in [0.15, 0.2) is 0 Å². The van der Waals surface area contributed by atoms with Crippen LogP contribution in [0.2, 0.25) is 0 Å². The molecule has 0 aromatic rings. The summed E-state index contributed by atoms with van der Waals surface area (Å²) >= 11 is 0. The van der Waals surface area contributed by atoms with Gasteiger partial charge in [0, 0.05) is 19.5 Å². The van der Waals surface area contributed by atoms with Gasteiger partial charge in [-0.1, -0.05) is 13.8 Å². The number of hydrogen-bond acceptors (Lipinski definition) is 2. The fourth-order valence-corrected chi connectivity index (χ4v) is 8.79. The fraction of sp³-hybridized carbons (Fsp3) is 0.909. The van der Waals surface area contributed by atoms with Crippen LogP contribution >= 0.6 is 0 Å². The maximum Gasteiger partial charge on any atom is 0.307 e. The molecule has 7 atom stereocenters. The van der Waals surface area contributed by atoms with Gasteiger partial charge in [0.2, 0.25) is 5.91 Å². The summed E-state index contributed by atoms with van der Waals surface area (Å²) < 4.78 is 0. The molecule has 1 aliphatic heterocycles. The van der Waals surface area contributed by atoms with E-state index in [1.54, 1.807) is 0 Å². The second-order valence-corrected chi connectivity index (χ2v) is 10.9. The Morgan fingerprint density at radius 3 is 2.38 bits per heavy atom. The third-order valence-corrected chi connectivity index (χ3v) is 9.98. The number of amides is 1. The number of carbonyl (C=O) groups is 2. The van der Waals surface area contributed by atoms with Crippen LogP contribution in [0.4, 0.5) is 0 Å². The van der Waals surface area contributed by atoms with Gasteiger partial charge in [0.15, 0.2) is 0 Å². The van der Waals surface area contributed by atoms with Gasteiger partial charge < -0.3 is 10.0 Å². The van der Waals surface area contributed by atoms with Crippen LogP contribution in [0.5, 0.6) is 0 Å². The van der Waals surface area contributed by atoms with Gasteiger partial charge in [0.25, 0.3) is 0 Å². The Labute approximate surface area is 156 Å². The molecule has 1 amide bonds. The van der Waals surface area contributed by atoms with Gasteiger partial charge in [-0.15, -0.1) is 0 Å². The number of hydrogen-bond donors (Lipinski definition) is 1. The molecule has 4 nitrogen and oxygen atoms in total. The highest BCUT2D eigenvalue weighted by Gasteiger charge is 2.70. The van der Waals surface area contributed by atoms with Crippen LogP contribution in [0.3, 0.4) is 0 Å². The minimum Gasteiger partial charge on any atom is -0.481 e. The lowest BCUT2D eigenvalue weighted by atomic mass is 9.44. The highest BCUT2D eigenvalue weighted by Crippen LogP contribution is 2.73. The molecule has 144 valence electrons. The van der Waals surface area contributed by atoms with E-state index in [1.165, 1.54) is 19.3 Å². The highest BCUT2D eigenvalue weighted by molar-refractivity contribution is 5.77. The highest BCUT2D eigenvalue weighted by atomic mass is 16.4. The SMILES string of the molecule is CN1C(=O)CC[C@]2(C)C3CC[C@@]4(C)C(CC[C@@H]4C(=O)O)C3CC3(CC3)C12. The third kappa shape index (κ3) is 1.91. The summed E-state index contributed by atoms with van der Waals surface area (Å²) in [5, 5.41) is 9.79. The summed E-state index contributed by atoms with van der Waals surface area (Å²) in [4.78, 5) is 26.5. The predicted octanol–water partition coefficient (Wildman–Crippen LogP) is 3.94. The van der Waals surface area contributed by atoms with Crippen molar-refractivity contribution in [3.05, 3.63) is 0 Å². The molecule has 5 aliphatic rings. The molecule has 0 bridgehead atoms. The molecule has 1 spiro atoms. The standard InChI is InChI=1S/C22H33NO3/c1-20-8-6-15-13(14(20)4-5-16(20)18(25)26)12-22(10-11-22)19-21(15,2)9-7-17(24)23(19)3/h13-16,19H,4-12H2,1-3H3,(H,25,26)/t13?,14?,15?,16-,19?,20+,21-/m1/s1. The number of rotatable bonds is 1. The van der Waals surface area contributed by atoms with Crippen molar-refractivity contribution in [3.8, 4) is 0 Å².